The number of hydrogen-bond donors (Lipinski definition) is 0. The number of methoxy groups -OCH3 is 1. The molecule has 0 saturated heterocycles. The van der Waals surface area contributed by atoms with Gasteiger partial charge >= 0.3 is 11.7 Å². The Bertz CT molecular complexity index is 1760. The summed E-state index contributed by atoms with van der Waals surface area (Å²) >= 11 is 1.65. The Kier molecular flexibility index (Phi) is 17.5. The van der Waals surface area contributed by atoms with E-state index < -0.39 is 39.1 Å². The smallest absolute Gasteiger partial charge is 0.342 e. The summed E-state index contributed by atoms with van der Waals surface area (Å²) in [5.41, 5.74) is -2.03. The van der Waals surface area contributed by atoms with Gasteiger partial charge in [-0.2, -0.15) is 11.8 Å². The highest BCUT2D eigenvalue weighted by molar-refractivity contribution is 7.98. The quantitative estimate of drug-likeness (QED) is 0.0367. The fourth-order valence-electron chi connectivity index (χ4n) is 5.81. The average Bonchev–Trinajstić information content (AvgIpc) is 3.46. The van der Waals surface area contributed by atoms with Crippen LogP contribution in [0.25, 0.3) is 5.69 Å². The van der Waals surface area contributed by atoms with Crippen molar-refractivity contribution in [3.63, 3.8) is 0 Å². The highest BCUT2D eigenvalue weighted by atomic mass is 32.2. The minimum absolute atomic E-state index is 0.0216. The van der Waals surface area contributed by atoms with E-state index in [1.54, 1.807) is 38.6 Å². The summed E-state index contributed by atoms with van der Waals surface area (Å²) < 4.78 is 23.5. The number of thioether (sulfide) groups is 1. The Morgan fingerprint density at radius 2 is 1.54 bits per heavy atom. The summed E-state index contributed by atoms with van der Waals surface area (Å²) in [4.78, 5) is 52.2. The van der Waals surface area contributed by atoms with Gasteiger partial charge in [0, 0.05) is 41.7 Å². The van der Waals surface area contributed by atoms with Crippen molar-refractivity contribution in [3.05, 3.63) is 83.4 Å². The SMILES string of the molecule is CCCCCCCCCCCCOC(=O)c1cc([N+](=O)[O-])c(-n2oc(C(C)(C)C)c(COc3ccc(CSCCN(C)C)cc3[N+](=O)[O-])c2=O)cc1OC. The van der Waals surface area contributed by atoms with Gasteiger partial charge in [0.25, 0.3) is 11.2 Å². The van der Waals surface area contributed by atoms with Crippen LogP contribution in [0.1, 0.15) is 119 Å². The summed E-state index contributed by atoms with van der Waals surface area (Å²) in [7, 11) is 5.25. The lowest BCUT2D eigenvalue weighted by Crippen LogP contribution is -2.21. The minimum atomic E-state index is -0.784. The van der Waals surface area contributed by atoms with E-state index in [9.17, 15) is 29.8 Å². The number of carbonyl (C=O) groups excluding carboxylic acids is 1. The van der Waals surface area contributed by atoms with Crippen LogP contribution in [0.2, 0.25) is 0 Å². The fourth-order valence-corrected chi connectivity index (χ4v) is 6.87. The summed E-state index contributed by atoms with van der Waals surface area (Å²) in [5, 5.41) is 24.3. The lowest BCUT2D eigenvalue weighted by molar-refractivity contribution is -0.386. The van der Waals surface area contributed by atoms with Crippen LogP contribution < -0.4 is 15.0 Å². The molecule has 298 valence electrons. The van der Waals surface area contributed by atoms with Crippen LogP contribution in [0.15, 0.2) is 39.6 Å². The highest BCUT2D eigenvalue weighted by Gasteiger charge is 2.33. The van der Waals surface area contributed by atoms with Crippen molar-refractivity contribution >= 4 is 29.1 Å². The number of nitrogens with zero attached hydrogens (tertiary/aromatic N) is 4. The van der Waals surface area contributed by atoms with Gasteiger partial charge in [-0.3, -0.25) is 25.0 Å². The van der Waals surface area contributed by atoms with Crippen molar-refractivity contribution in [1.29, 1.82) is 0 Å². The molecule has 0 fully saturated rings. The van der Waals surface area contributed by atoms with Crippen LogP contribution in [0.4, 0.5) is 11.4 Å². The first-order chi connectivity index (χ1) is 25.7. The maximum atomic E-state index is 13.9. The molecule has 0 aliphatic carbocycles. The molecule has 0 aliphatic rings. The molecule has 0 bridgehead atoms. The van der Waals surface area contributed by atoms with Crippen molar-refractivity contribution in [2.45, 2.75) is 110 Å². The van der Waals surface area contributed by atoms with Gasteiger partial charge in [-0.05, 0) is 32.1 Å². The molecule has 54 heavy (non-hydrogen) atoms. The zero-order valence-corrected chi connectivity index (χ0v) is 33.6. The third kappa shape index (κ3) is 12.9. The fraction of sp³-hybridized carbons (Fsp3) is 0.590. The Hall–Kier alpha value is -4.37. The standard InChI is InChI=1S/C39H56N4O10S/c1-8-9-10-11-12-13-14-15-16-17-21-51-38(45)29-24-32(42(46)47)31(25-35(29)50-7)41-37(44)30(36(53-41)39(2,3)4)26-52-34-19-18-28(23-33(34)43(48)49)27-54-22-20-40(5)6/h18-19,23-25H,8-17,20-22,26-27H2,1-7H3. The van der Waals surface area contributed by atoms with Gasteiger partial charge in [0.05, 0.1) is 29.1 Å². The minimum Gasteiger partial charge on any atom is -0.496 e. The summed E-state index contributed by atoms with van der Waals surface area (Å²) in [6.45, 7) is 8.17. The van der Waals surface area contributed by atoms with E-state index in [-0.39, 0.29) is 46.4 Å². The topological polar surface area (TPSA) is 169 Å². The summed E-state index contributed by atoms with van der Waals surface area (Å²) in [5.74, 6) is 0.733. The molecule has 0 spiro atoms. The highest BCUT2D eigenvalue weighted by Crippen LogP contribution is 2.35. The summed E-state index contributed by atoms with van der Waals surface area (Å²) in [6.07, 6.45) is 11.2. The third-order valence-corrected chi connectivity index (χ3v) is 9.80. The van der Waals surface area contributed by atoms with Gasteiger partial charge in [0.15, 0.2) is 17.2 Å². The van der Waals surface area contributed by atoms with E-state index in [4.69, 9.17) is 18.7 Å². The molecule has 1 heterocycles. The molecule has 3 aromatic rings. The first-order valence-corrected chi connectivity index (χ1v) is 19.8. The normalized spacial score (nSPS) is 11.6. The van der Waals surface area contributed by atoms with E-state index in [2.05, 4.69) is 11.8 Å². The number of benzene rings is 2. The maximum absolute atomic E-state index is 13.9. The molecule has 0 atom stereocenters. The number of hydrogen-bond acceptors (Lipinski definition) is 12. The molecule has 0 aliphatic heterocycles. The molecule has 15 heteroatoms. The van der Waals surface area contributed by atoms with Gasteiger partial charge in [0.1, 0.15) is 17.9 Å². The second kappa shape index (κ2) is 21.5. The molecule has 0 radical (unpaired) electrons. The molecule has 0 N–H and O–H groups in total. The largest absolute Gasteiger partial charge is 0.496 e. The van der Waals surface area contributed by atoms with Gasteiger partial charge in [-0.25, -0.2) is 4.79 Å². The Morgan fingerprint density at radius 3 is 2.11 bits per heavy atom. The third-order valence-electron chi connectivity index (χ3n) is 8.79. The number of aromatic nitrogens is 1. The first-order valence-electron chi connectivity index (χ1n) is 18.6. The second-order valence-corrected chi connectivity index (χ2v) is 15.7. The molecule has 0 saturated carbocycles. The number of esters is 1. The second-order valence-electron chi connectivity index (χ2n) is 14.6. The van der Waals surface area contributed by atoms with Crippen molar-refractivity contribution in [2.75, 3.05) is 40.1 Å². The zero-order chi connectivity index (χ0) is 39.8. The Labute approximate surface area is 321 Å². The molecule has 1 aromatic heterocycles. The van der Waals surface area contributed by atoms with Crippen molar-refractivity contribution in [3.8, 4) is 17.2 Å². The zero-order valence-electron chi connectivity index (χ0n) is 32.8. The van der Waals surface area contributed by atoms with Crippen LogP contribution in [-0.4, -0.2) is 65.6 Å². The molecule has 2 aromatic carbocycles. The summed E-state index contributed by atoms with van der Waals surface area (Å²) in [6, 6.07) is 6.90. The van der Waals surface area contributed by atoms with E-state index in [0.29, 0.717) is 12.2 Å². The number of nitro groups is 2. The van der Waals surface area contributed by atoms with Crippen molar-refractivity contribution in [1.82, 2.24) is 9.64 Å². The molecule has 14 nitrogen and oxygen atoms in total. The van der Waals surface area contributed by atoms with Crippen LogP contribution >= 0.6 is 11.8 Å². The first kappa shape index (κ1) is 44.0. The molecular weight excluding hydrogens is 717 g/mol. The van der Waals surface area contributed by atoms with Crippen molar-refractivity contribution < 1.29 is 33.4 Å². The lowest BCUT2D eigenvalue weighted by Gasteiger charge is -2.16. The van der Waals surface area contributed by atoms with Crippen LogP contribution in [0.3, 0.4) is 0 Å². The van der Waals surface area contributed by atoms with E-state index >= 15 is 0 Å². The van der Waals surface area contributed by atoms with Gasteiger partial charge < -0.3 is 23.6 Å². The number of unbranched alkanes of at least 4 members (excludes halogenated alkanes) is 9. The molecule has 0 amide bonds. The lowest BCUT2D eigenvalue weighted by atomic mass is 9.91. The average molecular weight is 773 g/mol. The number of nitro benzene ring substituents is 2. The van der Waals surface area contributed by atoms with Crippen LogP contribution in [0, 0.1) is 20.2 Å². The van der Waals surface area contributed by atoms with Gasteiger partial charge in [-0.15, -0.1) is 4.74 Å². The van der Waals surface area contributed by atoms with Crippen LogP contribution in [0.5, 0.6) is 11.5 Å². The number of ether oxygens (including phenoxy) is 3. The maximum Gasteiger partial charge on any atom is 0.342 e. The predicted octanol–water partition coefficient (Wildman–Crippen LogP) is 9.00. The van der Waals surface area contributed by atoms with Crippen LogP contribution in [-0.2, 0) is 22.5 Å². The Balaban J connectivity index is 1.82. The number of rotatable bonds is 24. The monoisotopic (exact) mass is 772 g/mol. The molecular formula is C39H56N4O10S. The number of carbonyl (C=O) groups is 1. The Morgan fingerprint density at radius 1 is 0.907 bits per heavy atom. The molecule has 3 rings (SSSR count). The van der Waals surface area contributed by atoms with Crippen molar-refractivity contribution in [2.24, 2.45) is 0 Å². The van der Waals surface area contributed by atoms with Gasteiger partial charge in [0.2, 0.25) is 0 Å². The molecule has 0 unspecified atom stereocenters. The van der Waals surface area contributed by atoms with Gasteiger partial charge in [-0.1, -0.05) is 91.5 Å². The van der Waals surface area contributed by atoms with E-state index in [0.717, 1.165) is 47.9 Å². The van der Waals surface area contributed by atoms with E-state index in [1.165, 1.54) is 63.8 Å². The van der Waals surface area contributed by atoms with E-state index in [1.807, 2.05) is 14.1 Å². The predicted molar refractivity (Wildman–Crippen MR) is 210 cm³/mol.